The molecule has 5 nitrogen and oxygen atoms in total. The van der Waals surface area contributed by atoms with Crippen molar-refractivity contribution in [2.75, 3.05) is 26.3 Å². The molecule has 0 aromatic rings. The molecule has 0 aromatic heterocycles. The Morgan fingerprint density at radius 2 is 1.95 bits per heavy atom. The predicted octanol–water partition coefficient (Wildman–Crippen LogP) is 1.19. The highest BCUT2D eigenvalue weighted by Crippen LogP contribution is 2.52. The van der Waals surface area contributed by atoms with Crippen molar-refractivity contribution in [1.29, 1.82) is 0 Å². The number of ether oxygens (including phenoxy) is 2. The van der Waals surface area contributed by atoms with Gasteiger partial charge in [0.15, 0.2) is 0 Å². The number of carbonyl (C=O) groups excluding carboxylic acids is 2. The lowest BCUT2D eigenvalue weighted by molar-refractivity contribution is -0.170. The third kappa shape index (κ3) is 2.52. The van der Waals surface area contributed by atoms with Crippen LogP contribution in [0.3, 0.4) is 0 Å². The molecule has 2 aliphatic rings. The maximum absolute atomic E-state index is 12.4. The number of hydrogen-bond acceptors (Lipinski definition) is 4. The van der Waals surface area contributed by atoms with E-state index in [1.807, 2.05) is 18.7 Å². The number of morpholine rings is 1. The van der Waals surface area contributed by atoms with Gasteiger partial charge in [-0.15, -0.1) is 0 Å². The molecule has 2 rings (SSSR count). The lowest BCUT2D eigenvalue weighted by atomic mass is 9.54. The molecule has 1 saturated heterocycles. The molecule has 0 radical (unpaired) electrons. The SMILES string of the molecule is C=COC(=O)C1CC(C(=O)N2CCOCC2)C1(C)C. The third-order valence-electron chi connectivity index (χ3n) is 4.37. The monoisotopic (exact) mass is 267 g/mol. The highest BCUT2D eigenvalue weighted by molar-refractivity contribution is 5.85. The fourth-order valence-electron chi connectivity index (χ4n) is 2.91. The van der Waals surface area contributed by atoms with E-state index >= 15 is 0 Å². The second-order valence-electron chi connectivity index (χ2n) is 5.70. The van der Waals surface area contributed by atoms with Crippen LogP contribution >= 0.6 is 0 Å². The molecule has 0 aromatic carbocycles. The zero-order valence-electron chi connectivity index (χ0n) is 11.6. The number of nitrogens with zero attached hydrogens (tertiary/aromatic N) is 1. The van der Waals surface area contributed by atoms with Crippen molar-refractivity contribution in [3.05, 3.63) is 12.8 Å². The lowest BCUT2D eigenvalue weighted by Crippen LogP contribution is -2.57. The summed E-state index contributed by atoms with van der Waals surface area (Å²) in [5.74, 6) is -0.476. The minimum absolute atomic E-state index is 0.104. The first kappa shape index (κ1) is 14.1. The maximum atomic E-state index is 12.4. The summed E-state index contributed by atoms with van der Waals surface area (Å²) in [6, 6.07) is 0. The van der Waals surface area contributed by atoms with Crippen LogP contribution in [0, 0.1) is 17.3 Å². The van der Waals surface area contributed by atoms with Crippen molar-refractivity contribution in [2.45, 2.75) is 20.3 Å². The van der Waals surface area contributed by atoms with E-state index in [0.29, 0.717) is 32.7 Å². The van der Waals surface area contributed by atoms with Crippen molar-refractivity contribution in [2.24, 2.45) is 17.3 Å². The topological polar surface area (TPSA) is 55.8 Å². The number of carbonyl (C=O) groups is 2. The van der Waals surface area contributed by atoms with Crippen LogP contribution in [0.1, 0.15) is 20.3 Å². The van der Waals surface area contributed by atoms with E-state index in [1.165, 1.54) is 0 Å². The van der Waals surface area contributed by atoms with E-state index in [2.05, 4.69) is 6.58 Å². The molecule has 1 aliphatic carbocycles. The molecule has 2 unspecified atom stereocenters. The van der Waals surface area contributed by atoms with Crippen molar-refractivity contribution in [3.63, 3.8) is 0 Å². The molecule has 1 saturated carbocycles. The maximum Gasteiger partial charge on any atom is 0.314 e. The first-order valence-electron chi connectivity index (χ1n) is 6.66. The average molecular weight is 267 g/mol. The second-order valence-corrected chi connectivity index (χ2v) is 5.70. The highest BCUT2D eigenvalue weighted by Gasteiger charge is 2.56. The van der Waals surface area contributed by atoms with Crippen LogP contribution in [0.25, 0.3) is 0 Å². The Morgan fingerprint density at radius 3 is 2.47 bits per heavy atom. The van der Waals surface area contributed by atoms with Crippen LogP contribution in [0.2, 0.25) is 0 Å². The Hall–Kier alpha value is -1.36. The molecule has 5 heteroatoms. The molecule has 19 heavy (non-hydrogen) atoms. The quantitative estimate of drug-likeness (QED) is 0.569. The zero-order valence-corrected chi connectivity index (χ0v) is 11.6. The van der Waals surface area contributed by atoms with Crippen LogP contribution < -0.4 is 0 Å². The predicted molar refractivity (Wildman–Crippen MR) is 69.1 cm³/mol. The highest BCUT2D eigenvalue weighted by atomic mass is 16.5. The van der Waals surface area contributed by atoms with Gasteiger partial charge in [0.25, 0.3) is 0 Å². The summed E-state index contributed by atoms with van der Waals surface area (Å²) in [5, 5.41) is 0. The molecule has 106 valence electrons. The number of amides is 1. The van der Waals surface area contributed by atoms with Gasteiger partial charge >= 0.3 is 5.97 Å². The number of hydrogen-bond donors (Lipinski definition) is 0. The molecule has 1 heterocycles. The molecule has 2 fully saturated rings. The van der Waals surface area contributed by atoms with Gasteiger partial charge in [0.1, 0.15) is 0 Å². The molecular formula is C14H21NO4. The minimum atomic E-state index is -0.352. The summed E-state index contributed by atoms with van der Waals surface area (Å²) in [6.45, 7) is 9.78. The van der Waals surface area contributed by atoms with Crippen molar-refractivity contribution in [1.82, 2.24) is 4.90 Å². The molecule has 2 atom stereocenters. The molecule has 1 aliphatic heterocycles. The van der Waals surface area contributed by atoms with E-state index in [1.54, 1.807) is 0 Å². The van der Waals surface area contributed by atoms with Crippen LogP contribution in [-0.4, -0.2) is 43.1 Å². The molecular weight excluding hydrogens is 246 g/mol. The number of esters is 1. The van der Waals surface area contributed by atoms with E-state index in [4.69, 9.17) is 9.47 Å². The molecule has 1 amide bonds. The summed E-state index contributed by atoms with van der Waals surface area (Å²) in [4.78, 5) is 26.0. The average Bonchev–Trinajstić information content (AvgIpc) is 2.38. The Bertz CT molecular complexity index is 385. The van der Waals surface area contributed by atoms with E-state index in [9.17, 15) is 9.59 Å². The molecule has 0 N–H and O–H groups in total. The van der Waals surface area contributed by atoms with Gasteiger partial charge in [0.05, 0.1) is 25.4 Å². The number of rotatable bonds is 3. The van der Waals surface area contributed by atoms with Crippen molar-refractivity contribution < 1.29 is 19.1 Å². The largest absolute Gasteiger partial charge is 0.435 e. The van der Waals surface area contributed by atoms with Gasteiger partial charge in [-0.25, -0.2) is 0 Å². The van der Waals surface area contributed by atoms with E-state index < -0.39 is 0 Å². The fourth-order valence-corrected chi connectivity index (χ4v) is 2.91. The van der Waals surface area contributed by atoms with E-state index in [0.717, 1.165) is 6.26 Å². The molecule has 0 spiro atoms. The summed E-state index contributed by atoms with van der Waals surface area (Å²) in [5.41, 5.74) is -0.352. The van der Waals surface area contributed by atoms with E-state index in [-0.39, 0.29) is 29.1 Å². The second kappa shape index (κ2) is 5.33. The van der Waals surface area contributed by atoms with Crippen LogP contribution in [0.5, 0.6) is 0 Å². The van der Waals surface area contributed by atoms with Gasteiger partial charge in [0, 0.05) is 19.0 Å². The minimum Gasteiger partial charge on any atom is -0.435 e. The van der Waals surface area contributed by atoms with Crippen LogP contribution in [0.15, 0.2) is 12.8 Å². The Kier molecular flexibility index (Phi) is 3.94. The van der Waals surface area contributed by atoms with Crippen molar-refractivity contribution >= 4 is 11.9 Å². The summed E-state index contributed by atoms with van der Waals surface area (Å²) in [6.07, 6.45) is 1.71. The Labute approximate surface area is 113 Å². The Balaban J connectivity index is 1.98. The summed E-state index contributed by atoms with van der Waals surface area (Å²) >= 11 is 0. The zero-order chi connectivity index (χ0) is 14.0. The standard InChI is InChI=1S/C14H21NO4/c1-4-19-13(17)11-9-10(14(11,2)3)12(16)15-5-7-18-8-6-15/h4,10-11H,1,5-9H2,2-3H3. The molecule has 0 bridgehead atoms. The van der Waals surface area contributed by atoms with Gasteiger partial charge in [-0.1, -0.05) is 20.4 Å². The third-order valence-corrected chi connectivity index (χ3v) is 4.37. The van der Waals surface area contributed by atoms with Gasteiger partial charge in [0.2, 0.25) is 5.91 Å². The lowest BCUT2D eigenvalue weighted by Gasteiger charge is -2.50. The van der Waals surface area contributed by atoms with Gasteiger partial charge in [-0.05, 0) is 11.8 Å². The van der Waals surface area contributed by atoms with Crippen LogP contribution in [-0.2, 0) is 19.1 Å². The van der Waals surface area contributed by atoms with Crippen molar-refractivity contribution in [3.8, 4) is 0 Å². The first-order chi connectivity index (χ1) is 8.98. The van der Waals surface area contributed by atoms with Gasteiger partial charge < -0.3 is 14.4 Å². The summed E-state index contributed by atoms with van der Waals surface area (Å²) in [7, 11) is 0. The fraction of sp³-hybridized carbons (Fsp3) is 0.714. The van der Waals surface area contributed by atoms with Gasteiger partial charge in [-0.3, -0.25) is 9.59 Å². The normalized spacial score (nSPS) is 29.3. The van der Waals surface area contributed by atoms with Crippen LogP contribution in [0.4, 0.5) is 0 Å². The first-order valence-corrected chi connectivity index (χ1v) is 6.66. The smallest absolute Gasteiger partial charge is 0.314 e. The van der Waals surface area contributed by atoms with Gasteiger partial charge in [-0.2, -0.15) is 0 Å². The Morgan fingerprint density at radius 1 is 1.32 bits per heavy atom. The summed E-state index contributed by atoms with van der Waals surface area (Å²) < 4.78 is 10.1.